The van der Waals surface area contributed by atoms with Gasteiger partial charge in [-0.2, -0.15) is 13.2 Å². The third-order valence-electron chi connectivity index (χ3n) is 3.42. The van der Waals surface area contributed by atoms with Crippen LogP contribution in [-0.2, 0) is 11.0 Å². The second-order valence-corrected chi connectivity index (χ2v) is 6.10. The van der Waals surface area contributed by atoms with E-state index in [0.717, 1.165) is 6.42 Å². The molecule has 2 rings (SSSR count). The Morgan fingerprint density at radius 3 is 2.70 bits per heavy atom. The molecular weight excluding hydrogens is 295 g/mol. The average molecular weight is 309 g/mol. The van der Waals surface area contributed by atoms with Crippen molar-refractivity contribution < 1.29 is 23.1 Å². The number of rotatable bonds is 3. The lowest BCUT2D eigenvalue weighted by Gasteiger charge is -2.36. The first kappa shape index (κ1) is 15.0. The maximum Gasteiger partial charge on any atom is 0.445 e. The largest absolute Gasteiger partial charge is 0.480 e. The van der Waals surface area contributed by atoms with E-state index in [-0.39, 0.29) is 11.0 Å². The predicted molar refractivity (Wildman–Crippen MR) is 66.5 cm³/mol. The van der Waals surface area contributed by atoms with Crippen LogP contribution in [0.25, 0.3) is 0 Å². The fourth-order valence-corrected chi connectivity index (χ4v) is 3.21. The zero-order valence-corrected chi connectivity index (χ0v) is 11.5. The molecule has 0 amide bonds. The maximum absolute atomic E-state index is 12.5. The van der Waals surface area contributed by atoms with Gasteiger partial charge in [-0.25, -0.2) is 4.79 Å². The number of nitrogens with one attached hydrogen (secondary N) is 1. The molecule has 0 aliphatic heterocycles. The van der Waals surface area contributed by atoms with Gasteiger partial charge in [-0.3, -0.25) is 0 Å². The van der Waals surface area contributed by atoms with Crippen LogP contribution in [0.4, 0.5) is 18.3 Å². The first-order chi connectivity index (χ1) is 9.23. The maximum atomic E-state index is 12.5. The van der Waals surface area contributed by atoms with E-state index in [0.29, 0.717) is 30.6 Å². The van der Waals surface area contributed by atoms with Crippen molar-refractivity contribution in [3.8, 4) is 0 Å². The van der Waals surface area contributed by atoms with Crippen LogP contribution in [0.15, 0.2) is 0 Å². The second-order valence-electron chi connectivity index (χ2n) is 5.12. The van der Waals surface area contributed by atoms with Gasteiger partial charge in [0, 0.05) is 0 Å². The van der Waals surface area contributed by atoms with Crippen molar-refractivity contribution in [2.75, 3.05) is 5.32 Å². The van der Waals surface area contributed by atoms with Crippen LogP contribution in [-0.4, -0.2) is 26.8 Å². The highest BCUT2D eigenvalue weighted by molar-refractivity contribution is 7.15. The molecule has 0 spiro atoms. The van der Waals surface area contributed by atoms with Crippen LogP contribution in [0.1, 0.15) is 37.6 Å². The number of nitrogens with zero attached hydrogens (tertiary/aromatic N) is 2. The van der Waals surface area contributed by atoms with Gasteiger partial charge in [0.2, 0.25) is 10.1 Å². The lowest BCUT2D eigenvalue weighted by molar-refractivity contribution is -0.144. The average Bonchev–Trinajstić information content (AvgIpc) is 2.76. The van der Waals surface area contributed by atoms with Crippen molar-refractivity contribution in [3.05, 3.63) is 5.01 Å². The number of alkyl halides is 3. The second kappa shape index (κ2) is 5.19. The van der Waals surface area contributed by atoms with Gasteiger partial charge >= 0.3 is 12.1 Å². The van der Waals surface area contributed by atoms with E-state index >= 15 is 0 Å². The van der Waals surface area contributed by atoms with E-state index in [1.165, 1.54) is 0 Å². The number of aromatic nitrogens is 2. The van der Waals surface area contributed by atoms with Gasteiger partial charge in [0.05, 0.1) is 0 Å². The molecule has 1 saturated carbocycles. The third-order valence-corrected chi connectivity index (χ3v) is 4.30. The highest BCUT2D eigenvalue weighted by atomic mass is 32.1. The Labute approximate surface area is 117 Å². The van der Waals surface area contributed by atoms with Gasteiger partial charge in [-0.05, 0) is 18.8 Å². The molecule has 0 radical (unpaired) electrons. The molecule has 5 nitrogen and oxygen atoms in total. The molecule has 2 N–H and O–H groups in total. The zero-order chi connectivity index (χ0) is 15.0. The Morgan fingerprint density at radius 1 is 1.50 bits per heavy atom. The molecule has 0 bridgehead atoms. The Kier molecular flexibility index (Phi) is 3.90. The summed E-state index contributed by atoms with van der Waals surface area (Å²) in [6.45, 7) is 1.93. The predicted octanol–water partition coefficient (Wildman–Crippen LogP) is 3.00. The monoisotopic (exact) mass is 309 g/mol. The number of hydrogen-bond acceptors (Lipinski definition) is 5. The fraction of sp³-hybridized carbons (Fsp3) is 0.727. The summed E-state index contributed by atoms with van der Waals surface area (Å²) in [5.41, 5.74) is -1.25. The van der Waals surface area contributed by atoms with Gasteiger partial charge in [0.15, 0.2) is 0 Å². The summed E-state index contributed by atoms with van der Waals surface area (Å²) in [5, 5.41) is 17.3. The standard InChI is InChI=1S/C11H14F3N3O2S/c1-6-3-2-4-10(5-6,8(18)19)15-9-17-16-7(20-9)11(12,13)14/h6H,2-5H2,1H3,(H,15,17)(H,18,19). The van der Waals surface area contributed by atoms with E-state index in [9.17, 15) is 23.1 Å². The summed E-state index contributed by atoms with van der Waals surface area (Å²) in [4.78, 5) is 11.5. The molecule has 1 fully saturated rings. The van der Waals surface area contributed by atoms with Crippen LogP contribution in [0.2, 0.25) is 0 Å². The van der Waals surface area contributed by atoms with Crippen molar-refractivity contribution in [1.82, 2.24) is 10.2 Å². The van der Waals surface area contributed by atoms with Crippen LogP contribution in [0.5, 0.6) is 0 Å². The van der Waals surface area contributed by atoms with Crippen molar-refractivity contribution >= 4 is 22.4 Å². The van der Waals surface area contributed by atoms with Crippen molar-refractivity contribution in [2.24, 2.45) is 5.92 Å². The molecule has 9 heteroatoms. The molecule has 1 heterocycles. The first-order valence-electron chi connectivity index (χ1n) is 6.15. The quantitative estimate of drug-likeness (QED) is 0.897. The minimum absolute atomic E-state index is 0.103. The van der Waals surface area contributed by atoms with Gasteiger partial charge in [-0.1, -0.05) is 31.1 Å². The molecule has 0 aromatic carbocycles. The number of halogens is 3. The number of carboxylic acids is 1. The topological polar surface area (TPSA) is 75.1 Å². The molecule has 20 heavy (non-hydrogen) atoms. The normalized spacial score (nSPS) is 27.3. The number of carbonyl (C=O) groups is 1. The van der Waals surface area contributed by atoms with Gasteiger partial charge < -0.3 is 10.4 Å². The van der Waals surface area contributed by atoms with E-state index in [1.54, 1.807) is 0 Å². The van der Waals surface area contributed by atoms with Crippen LogP contribution >= 0.6 is 11.3 Å². The Bertz CT molecular complexity index is 505. The number of anilines is 1. The molecule has 112 valence electrons. The minimum atomic E-state index is -4.56. The Morgan fingerprint density at radius 2 is 2.20 bits per heavy atom. The van der Waals surface area contributed by atoms with Crippen molar-refractivity contribution in [1.29, 1.82) is 0 Å². The minimum Gasteiger partial charge on any atom is -0.480 e. The molecule has 1 aliphatic rings. The molecular formula is C11H14F3N3O2S. The molecule has 2 atom stereocenters. The summed E-state index contributed by atoms with van der Waals surface area (Å²) in [7, 11) is 0. The van der Waals surface area contributed by atoms with Crippen LogP contribution < -0.4 is 5.32 Å². The first-order valence-corrected chi connectivity index (χ1v) is 6.97. The number of carboxylic acid groups (broad SMARTS) is 1. The van der Waals surface area contributed by atoms with Gasteiger partial charge in [0.25, 0.3) is 0 Å². The summed E-state index contributed by atoms with van der Waals surface area (Å²) in [5.74, 6) is -0.866. The SMILES string of the molecule is CC1CCCC(Nc2nnc(C(F)(F)F)s2)(C(=O)O)C1. The highest BCUT2D eigenvalue weighted by Crippen LogP contribution is 2.38. The molecule has 2 unspecified atom stereocenters. The summed E-state index contributed by atoms with van der Waals surface area (Å²) < 4.78 is 37.4. The number of hydrogen-bond donors (Lipinski definition) is 2. The molecule has 1 aliphatic carbocycles. The van der Waals surface area contributed by atoms with E-state index < -0.39 is 22.7 Å². The van der Waals surface area contributed by atoms with Crippen LogP contribution in [0, 0.1) is 5.92 Å². The third kappa shape index (κ3) is 3.02. The lowest BCUT2D eigenvalue weighted by atomic mass is 9.76. The van der Waals surface area contributed by atoms with E-state index in [1.807, 2.05) is 6.92 Å². The number of aliphatic carboxylic acids is 1. The Balaban J connectivity index is 2.21. The van der Waals surface area contributed by atoms with Crippen molar-refractivity contribution in [3.63, 3.8) is 0 Å². The highest BCUT2D eigenvalue weighted by Gasteiger charge is 2.43. The van der Waals surface area contributed by atoms with Gasteiger partial charge in [0.1, 0.15) is 5.54 Å². The van der Waals surface area contributed by atoms with E-state index in [4.69, 9.17) is 0 Å². The summed E-state index contributed by atoms with van der Waals surface area (Å²) in [6.07, 6.45) is -2.20. The Hall–Kier alpha value is -1.38. The van der Waals surface area contributed by atoms with Crippen molar-refractivity contribution in [2.45, 2.75) is 44.3 Å². The fourth-order valence-electron chi connectivity index (χ4n) is 2.51. The smallest absolute Gasteiger partial charge is 0.445 e. The summed E-state index contributed by atoms with van der Waals surface area (Å²) >= 11 is 0.329. The van der Waals surface area contributed by atoms with E-state index in [2.05, 4.69) is 15.5 Å². The lowest BCUT2D eigenvalue weighted by Crippen LogP contribution is -2.49. The molecule has 0 saturated heterocycles. The van der Waals surface area contributed by atoms with Gasteiger partial charge in [-0.15, -0.1) is 10.2 Å². The molecule has 1 aromatic heterocycles. The summed E-state index contributed by atoms with van der Waals surface area (Å²) in [6, 6.07) is 0. The van der Waals surface area contributed by atoms with Crippen LogP contribution in [0.3, 0.4) is 0 Å². The molecule has 1 aromatic rings. The zero-order valence-electron chi connectivity index (χ0n) is 10.7.